The highest BCUT2D eigenvalue weighted by molar-refractivity contribution is 7.99. The van der Waals surface area contributed by atoms with Crippen molar-refractivity contribution in [2.75, 3.05) is 5.75 Å². The highest BCUT2D eigenvalue weighted by Crippen LogP contribution is 2.24. The topological polar surface area (TPSA) is 63.6 Å². The molecule has 0 aliphatic carbocycles. The quantitative estimate of drug-likeness (QED) is 0.357. The summed E-state index contributed by atoms with van der Waals surface area (Å²) in [7, 11) is 0. The van der Waals surface area contributed by atoms with Crippen molar-refractivity contribution in [2.45, 2.75) is 25.9 Å². The van der Waals surface area contributed by atoms with E-state index in [1.54, 1.807) is 0 Å². The molecule has 2 aromatic heterocycles. The first-order valence-electron chi connectivity index (χ1n) is 9.43. The Hall–Kier alpha value is -3.12. The van der Waals surface area contributed by atoms with Crippen LogP contribution in [0.25, 0.3) is 17.1 Å². The summed E-state index contributed by atoms with van der Waals surface area (Å²) in [6.07, 6.45) is 0. The summed E-state index contributed by atoms with van der Waals surface area (Å²) in [6, 6.07) is 20.1. The molecule has 0 aliphatic rings. The SMILES string of the molecule is Cc1ccc(-n2c(C)cc(C(=O)CSc3n[nH]c(-c4ccccc4)n3)c2C)cc1. The molecule has 0 spiro atoms. The lowest BCUT2D eigenvalue weighted by molar-refractivity contribution is 0.102. The van der Waals surface area contributed by atoms with Crippen LogP contribution in [-0.4, -0.2) is 31.3 Å². The summed E-state index contributed by atoms with van der Waals surface area (Å²) >= 11 is 1.35. The summed E-state index contributed by atoms with van der Waals surface area (Å²) < 4.78 is 2.12. The molecule has 0 atom stereocenters. The van der Waals surface area contributed by atoms with E-state index >= 15 is 0 Å². The third-order valence-corrected chi connectivity index (χ3v) is 5.72. The fourth-order valence-electron chi connectivity index (χ4n) is 3.38. The Kier molecular flexibility index (Phi) is 5.36. The van der Waals surface area contributed by atoms with Crippen molar-refractivity contribution in [1.82, 2.24) is 19.7 Å². The summed E-state index contributed by atoms with van der Waals surface area (Å²) in [5.74, 6) is 1.08. The van der Waals surface area contributed by atoms with Gasteiger partial charge in [-0.3, -0.25) is 9.89 Å². The molecule has 0 radical (unpaired) electrons. The van der Waals surface area contributed by atoms with Gasteiger partial charge in [-0.25, -0.2) is 4.98 Å². The second kappa shape index (κ2) is 8.09. The molecule has 146 valence electrons. The monoisotopic (exact) mass is 402 g/mol. The Labute approximate surface area is 174 Å². The fourth-order valence-corrected chi connectivity index (χ4v) is 4.06. The van der Waals surface area contributed by atoms with E-state index in [4.69, 9.17) is 0 Å². The first-order valence-corrected chi connectivity index (χ1v) is 10.4. The maximum Gasteiger partial charge on any atom is 0.209 e. The van der Waals surface area contributed by atoms with E-state index in [1.807, 2.05) is 50.2 Å². The second-order valence-corrected chi connectivity index (χ2v) is 7.94. The number of hydrogen-bond acceptors (Lipinski definition) is 4. The zero-order valence-electron chi connectivity index (χ0n) is 16.6. The van der Waals surface area contributed by atoms with Crippen LogP contribution in [0, 0.1) is 20.8 Å². The minimum atomic E-state index is 0.0764. The van der Waals surface area contributed by atoms with Gasteiger partial charge in [-0.05, 0) is 39.0 Å². The van der Waals surface area contributed by atoms with Crippen molar-refractivity contribution < 1.29 is 4.79 Å². The van der Waals surface area contributed by atoms with E-state index in [0.717, 1.165) is 28.2 Å². The Balaban J connectivity index is 1.49. The molecule has 6 heteroatoms. The molecule has 2 heterocycles. The largest absolute Gasteiger partial charge is 0.318 e. The third kappa shape index (κ3) is 4.03. The molecule has 0 aliphatic heterocycles. The summed E-state index contributed by atoms with van der Waals surface area (Å²) in [5.41, 5.74) is 6.00. The van der Waals surface area contributed by atoms with Crippen LogP contribution in [0.4, 0.5) is 0 Å². The van der Waals surface area contributed by atoms with Crippen LogP contribution in [0.5, 0.6) is 0 Å². The van der Waals surface area contributed by atoms with Gasteiger partial charge in [0.2, 0.25) is 5.16 Å². The van der Waals surface area contributed by atoms with E-state index < -0.39 is 0 Å². The van der Waals surface area contributed by atoms with E-state index in [-0.39, 0.29) is 5.78 Å². The molecule has 0 amide bonds. The lowest BCUT2D eigenvalue weighted by atomic mass is 10.2. The highest BCUT2D eigenvalue weighted by atomic mass is 32.2. The van der Waals surface area contributed by atoms with Gasteiger partial charge < -0.3 is 4.57 Å². The van der Waals surface area contributed by atoms with Crippen molar-refractivity contribution in [3.05, 3.63) is 83.2 Å². The number of nitrogens with one attached hydrogen (secondary N) is 1. The van der Waals surface area contributed by atoms with Gasteiger partial charge in [0.25, 0.3) is 0 Å². The zero-order chi connectivity index (χ0) is 20.4. The smallest absolute Gasteiger partial charge is 0.209 e. The van der Waals surface area contributed by atoms with Gasteiger partial charge in [-0.2, -0.15) is 0 Å². The molecule has 0 fully saturated rings. The number of nitrogens with zero attached hydrogens (tertiary/aromatic N) is 3. The molecule has 0 unspecified atom stereocenters. The number of hydrogen-bond donors (Lipinski definition) is 1. The van der Waals surface area contributed by atoms with Gasteiger partial charge in [0.05, 0.1) is 5.75 Å². The van der Waals surface area contributed by atoms with Crippen LogP contribution in [0.15, 0.2) is 65.8 Å². The van der Waals surface area contributed by atoms with Gasteiger partial charge in [0.1, 0.15) is 0 Å². The van der Waals surface area contributed by atoms with Gasteiger partial charge in [-0.1, -0.05) is 59.8 Å². The molecule has 1 N–H and O–H groups in total. The van der Waals surface area contributed by atoms with Crippen molar-refractivity contribution in [2.24, 2.45) is 0 Å². The molecule has 5 nitrogen and oxygen atoms in total. The Morgan fingerprint density at radius 3 is 2.48 bits per heavy atom. The summed E-state index contributed by atoms with van der Waals surface area (Å²) in [5, 5.41) is 7.74. The van der Waals surface area contributed by atoms with Crippen molar-refractivity contribution >= 4 is 17.5 Å². The number of carbonyl (C=O) groups is 1. The molecular weight excluding hydrogens is 380 g/mol. The molecule has 4 aromatic rings. The van der Waals surface area contributed by atoms with E-state index in [2.05, 4.69) is 50.9 Å². The normalized spacial score (nSPS) is 11.0. The van der Waals surface area contributed by atoms with E-state index in [9.17, 15) is 4.79 Å². The molecule has 0 saturated carbocycles. The first kappa shape index (κ1) is 19.2. The minimum Gasteiger partial charge on any atom is -0.318 e. The molecule has 0 saturated heterocycles. The maximum absolute atomic E-state index is 12.9. The summed E-state index contributed by atoms with van der Waals surface area (Å²) in [4.78, 5) is 17.4. The number of carbonyl (C=O) groups excluding carboxylic acids is 1. The molecule has 4 rings (SSSR count). The van der Waals surface area contributed by atoms with Crippen LogP contribution >= 0.6 is 11.8 Å². The van der Waals surface area contributed by atoms with Crippen LogP contribution in [-0.2, 0) is 0 Å². The van der Waals surface area contributed by atoms with Crippen LogP contribution in [0.2, 0.25) is 0 Å². The number of ketones is 1. The number of H-pyrrole nitrogens is 1. The fraction of sp³-hybridized carbons (Fsp3) is 0.174. The van der Waals surface area contributed by atoms with Crippen LogP contribution in [0.3, 0.4) is 0 Å². The molecule has 29 heavy (non-hydrogen) atoms. The van der Waals surface area contributed by atoms with E-state index in [1.165, 1.54) is 17.3 Å². The zero-order valence-corrected chi connectivity index (χ0v) is 17.5. The van der Waals surface area contributed by atoms with Crippen molar-refractivity contribution in [3.63, 3.8) is 0 Å². The van der Waals surface area contributed by atoms with Crippen LogP contribution in [0.1, 0.15) is 27.3 Å². The summed E-state index contributed by atoms with van der Waals surface area (Å²) in [6.45, 7) is 6.08. The Morgan fingerprint density at radius 2 is 1.76 bits per heavy atom. The van der Waals surface area contributed by atoms with Gasteiger partial charge >= 0.3 is 0 Å². The van der Waals surface area contributed by atoms with Gasteiger partial charge in [0, 0.05) is 28.2 Å². The number of aromatic amines is 1. The predicted octanol–water partition coefficient (Wildman–Crippen LogP) is 5.16. The second-order valence-electron chi connectivity index (χ2n) is 7.00. The third-order valence-electron chi connectivity index (χ3n) is 4.87. The van der Waals surface area contributed by atoms with Crippen molar-refractivity contribution in [1.29, 1.82) is 0 Å². The lowest BCUT2D eigenvalue weighted by Crippen LogP contribution is -2.05. The number of Topliss-reactive ketones (excluding diaryl/α,β-unsaturated/α-hetero) is 1. The number of aromatic nitrogens is 4. The maximum atomic E-state index is 12.9. The molecule has 0 bridgehead atoms. The van der Waals surface area contributed by atoms with Crippen molar-refractivity contribution in [3.8, 4) is 17.1 Å². The average molecular weight is 403 g/mol. The predicted molar refractivity (Wildman–Crippen MR) is 117 cm³/mol. The Bertz CT molecular complexity index is 1140. The Morgan fingerprint density at radius 1 is 1.03 bits per heavy atom. The molecule has 2 aromatic carbocycles. The number of thioether (sulfide) groups is 1. The van der Waals surface area contributed by atoms with Gasteiger partial charge in [-0.15, -0.1) is 5.10 Å². The standard InChI is InChI=1S/C23H22N4OS/c1-15-9-11-19(12-10-15)27-16(2)13-20(17(27)3)21(28)14-29-23-24-22(25-26-23)18-7-5-4-6-8-18/h4-13H,14H2,1-3H3,(H,24,25,26). The average Bonchev–Trinajstić information content (AvgIpc) is 3.32. The number of benzene rings is 2. The van der Waals surface area contributed by atoms with E-state index in [0.29, 0.717) is 16.7 Å². The molecular formula is C23H22N4OS. The van der Waals surface area contributed by atoms with Gasteiger partial charge in [0.15, 0.2) is 11.6 Å². The highest BCUT2D eigenvalue weighted by Gasteiger charge is 2.18. The number of aryl methyl sites for hydroxylation is 2. The van der Waals surface area contributed by atoms with Crippen LogP contribution < -0.4 is 0 Å². The number of rotatable bonds is 6. The first-order chi connectivity index (χ1) is 14.0. The lowest BCUT2D eigenvalue weighted by Gasteiger charge is -2.10. The minimum absolute atomic E-state index is 0.0764.